The molecular weight excluding hydrogens is 176 g/mol. The van der Waals surface area contributed by atoms with Crippen LogP contribution in [0.25, 0.3) is 0 Å². The summed E-state index contributed by atoms with van der Waals surface area (Å²) in [6.45, 7) is 2.18. The van der Waals surface area contributed by atoms with Crippen molar-refractivity contribution in [2.24, 2.45) is 4.99 Å². The molecule has 1 amide bonds. The van der Waals surface area contributed by atoms with Gasteiger partial charge in [-0.2, -0.15) is 0 Å². The van der Waals surface area contributed by atoms with Crippen LogP contribution >= 0.6 is 0 Å². The van der Waals surface area contributed by atoms with E-state index in [0.29, 0.717) is 0 Å². The highest BCUT2D eigenvalue weighted by atomic mass is 16.2. The Hall–Kier alpha value is -1.64. The molecule has 0 spiro atoms. The molecule has 14 heavy (non-hydrogen) atoms. The smallest absolute Gasteiger partial charge is 0.248 e. The van der Waals surface area contributed by atoms with Crippen LogP contribution in [0.15, 0.2) is 29.3 Å². The summed E-state index contributed by atoms with van der Waals surface area (Å²) in [7, 11) is 1.79. The number of likely N-dealkylation sites (N-methyl/N-ethyl adjacent to an activating group) is 1. The van der Waals surface area contributed by atoms with Crippen LogP contribution in [-0.4, -0.2) is 25.2 Å². The van der Waals surface area contributed by atoms with Crippen LogP contribution in [0.2, 0.25) is 0 Å². The second-order valence-corrected chi connectivity index (χ2v) is 3.37. The monoisotopic (exact) mass is 188 g/mol. The number of hydrogen-bond donors (Lipinski definition) is 0. The molecule has 3 heteroatoms. The van der Waals surface area contributed by atoms with E-state index >= 15 is 0 Å². The summed E-state index contributed by atoms with van der Waals surface area (Å²) < 4.78 is 0. The fraction of sp³-hybridized carbons (Fsp3) is 0.273. The number of fused-ring (bicyclic) bond motifs is 1. The molecule has 0 unspecified atom stereocenters. The first-order valence-corrected chi connectivity index (χ1v) is 4.57. The summed E-state index contributed by atoms with van der Waals surface area (Å²) in [6, 6.07) is 7.82. The molecule has 0 saturated carbocycles. The van der Waals surface area contributed by atoms with Gasteiger partial charge in [0.05, 0.1) is 5.69 Å². The fourth-order valence-corrected chi connectivity index (χ4v) is 1.58. The van der Waals surface area contributed by atoms with Crippen molar-refractivity contribution in [2.45, 2.75) is 6.92 Å². The van der Waals surface area contributed by atoms with Gasteiger partial charge in [0.1, 0.15) is 6.54 Å². The molecule has 0 aromatic heterocycles. The van der Waals surface area contributed by atoms with Crippen molar-refractivity contribution >= 4 is 17.3 Å². The molecule has 2 rings (SSSR count). The Kier molecular flexibility index (Phi) is 2.08. The zero-order chi connectivity index (χ0) is 10.1. The number of hydrogen-bond acceptors (Lipinski definition) is 2. The van der Waals surface area contributed by atoms with Gasteiger partial charge in [0.15, 0.2) is 0 Å². The molecule has 1 aromatic rings. The number of amides is 1. The summed E-state index contributed by atoms with van der Waals surface area (Å²) >= 11 is 0. The molecule has 1 heterocycles. The van der Waals surface area contributed by atoms with E-state index in [1.165, 1.54) is 0 Å². The third-order valence-corrected chi connectivity index (χ3v) is 2.48. The lowest BCUT2D eigenvalue weighted by Gasteiger charge is -2.16. The van der Waals surface area contributed by atoms with Crippen LogP contribution in [-0.2, 0) is 4.79 Å². The number of para-hydroxylation sites is 1. The van der Waals surface area contributed by atoms with E-state index < -0.39 is 0 Å². The van der Waals surface area contributed by atoms with Gasteiger partial charge >= 0.3 is 0 Å². The molecule has 0 fully saturated rings. The van der Waals surface area contributed by atoms with Crippen molar-refractivity contribution in [3.8, 4) is 0 Å². The van der Waals surface area contributed by atoms with E-state index in [-0.39, 0.29) is 12.5 Å². The molecule has 1 aliphatic heterocycles. The van der Waals surface area contributed by atoms with Crippen molar-refractivity contribution < 1.29 is 4.79 Å². The SMILES string of the molecule is CC1=NCC(=O)N(C)c2ccccc21. The number of benzene rings is 1. The highest BCUT2D eigenvalue weighted by Crippen LogP contribution is 2.22. The van der Waals surface area contributed by atoms with E-state index in [1.54, 1.807) is 11.9 Å². The van der Waals surface area contributed by atoms with Gasteiger partial charge in [0.25, 0.3) is 0 Å². The lowest BCUT2D eigenvalue weighted by Crippen LogP contribution is -2.27. The Labute approximate surface area is 83.1 Å². The van der Waals surface area contributed by atoms with Gasteiger partial charge in [0.2, 0.25) is 5.91 Å². The standard InChI is InChI=1S/C11H12N2O/c1-8-9-5-3-4-6-10(9)13(2)11(14)7-12-8/h3-6H,7H2,1-2H3. The van der Waals surface area contributed by atoms with Crippen molar-refractivity contribution in [3.05, 3.63) is 29.8 Å². The summed E-state index contributed by atoms with van der Waals surface area (Å²) in [4.78, 5) is 17.4. The van der Waals surface area contributed by atoms with Gasteiger partial charge in [-0.25, -0.2) is 0 Å². The average molecular weight is 188 g/mol. The minimum atomic E-state index is 0.0364. The summed E-state index contributed by atoms with van der Waals surface area (Å²) in [5.41, 5.74) is 2.91. The normalized spacial score (nSPS) is 16.0. The molecule has 0 saturated heterocycles. The second kappa shape index (κ2) is 3.25. The number of aliphatic imine (C=N–C) groups is 1. The largest absolute Gasteiger partial charge is 0.313 e. The second-order valence-electron chi connectivity index (χ2n) is 3.37. The van der Waals surface area contributed by atoms with Gasteiger partial charge < -0.3 is 4.90 Å². The summed E-state index contributed by atoms with van der Waals surface area (Å²) in [6.07, 6.45) is 0. The third kappa shape index (κ3) is 1.31. The Morgan fingerprint density at radius 2 is 2.07 bits per heavy atom. The molecule has 1 aliphatic rings. The van der Waals surface area contributed by atoms with Crippen LogP contribution in [0.3, 0.4) is 0 Å². The van der Waals surface area contributed by atoms with E-state index in [4.69, 9.17) is 0 Å². The van der Waals surface area contributed by atoms with Crippen molar-refractivity contribution in [2.75, 3.05) is 18.5 Å². The van der Waals surface area contributed by atoms with E-state index in [0.717, 1.165) is 17.0 Å². The third-order valence-electron chi connectivity index (χ3n) is 2.48. The minimum Gasteiger partial charge on any atom is -0.313 e. The molecule has 0 bridgehead atoms. The predicted octanol–water partition coefficient (Wildman–Crippen LogP) is 1.47. The van der Waals surface area contributed by atoms with Crippen LogP contribution in [0.5, 0.6) is 0 Å². The first-order chi connectivity index (χ1) is 6.70. The molecule has 3 nitrogen and oxygen atoms in total. The number of anilines is 1. The number of rotatable bonds is 0. The van der Waals surface area contributed by atoms with Crippen LogP contribution in [0.4, 0.5) is 5.69 Å². The maximum Gasteiger partial charge on any atom is 0.248 e. The summed E-state index contributed by atoms with van der Waals surface area (Å²) in [5, 5.41) is 0. The molecular formula is C11H12N2O. The highest BCUT2D eigenvalue weighted by molar-refractivity contribution is 6.10. The molecule has 72 valence electrons. The molecule has 0 N–H and O–H groups in total. The fourth-order valence-electron chi connectivity index (χ4n) is 1.58. The van der Waals surface area contributed by atoms with Crippen molar-refractivity contribution in [3.63, 3.8) is 0 Å². The summed E-state index contributed by atoms with van der Waals surface area (Å²) in [5.74, 6) is 0.0364. The zero-order valence-electron chi connectivity index (χ0n) is 8.32. The van der Waals surface area contributed by atoms with Crippen LogP contribution in [0, 0.1) is 0 Å². The Balaban J connectivity index is 2.61. The lowest BCUT2D eigenvalue weighted by atomic mass is 10.1. The van der Waals surface area contributed by atoms with Gasteiger partial charge in [-0.05, 0) is 13.0 Å². The van der Waals surface area contributed by atoms with E-state index in [1.807, 2.05) is 31.2 Å². The Morgan fingerprint density at radius 1 is 1.36 bits per heavy atom. The molecule has 1 aromatic carbocycles. The van der Waals surface area contributed by atoms with Gasteiger partial charge in [-0.15, -0.1) is 0 Å². The highest BCUT2D eigenvalue weighted by Gasteiger charge is 2.18. The number of carbonyl (C=O) groups is 1. The number of nitrogens with zero attached hydrogens (tertiary/aromatic N) is 2. The van der Waals surface area contributed by atoms with Gasteiger partial charge in [-0.3, -0.25) is 9.79 Å². The maximum atomic E-state index is 11.5. The molecule has 0 aliphatic carbocycles. The van der Waals surface area contributed by atoms with E-state index in [9.17, 15) is 4.79 Å². The molecule has 0 atom stereocenters. The number of carbonyl (C=O) groups excluding carboxylic acids is 1. The van der Waals surface area contributed by atoms with Crippen molar-refractivity contribution in [1.82, 2.24) is 0 Å². The lowest BCUT2D eigenvalue weighted by molar-refractivity contribution is -0.116. The van der Waals surface area contributed by atoms with Gasteiger partial charge in [0, 0.05) is 18.3 Å². The van der Waals surface area contributed by atoms with Crippen LogP contribution in [0.1, 0.15) is 12.5 Å². The number of benzodiazepines with no additional fused rings is 1. The Bertz CT molecular complexity index is 410. The predicted molar refractivity (Wildman–Crippen MR) is 56.9 cm³/mol. The quantitative estimate of drug-likeness (QED) is 0.607. The first kappa shape index (κ1) is 8.94. The average Bonchev–Trinajstić information content (AvgIpc) is 2.33. The van der Waals surface area contributed by atoms with Crippen LogP contribution < -0.4 is 4.90 Å². The zero-order valence-corrected chi connectivity index (χ0v) is 8.32. The Morgan fingerprint density at radius 3 is 2.86 bits per heavy atom. The van der Waals surface area contributed by atoms with Gasteiger partial charge in [-0.1, -0.05) is 18.2 Å². The van der Waals surface area contributed by atoms with Crippen molar-refractivity contribution in [1.29, 1.82) is 0 Å². The molecule has 0 radical (unpaired) electrons. The minimum absolute atomic E-state index is 0.0364. The maximum absolute atomic E-state index is 11.5. The first-order valence-electron chi connectivity index (χ1n) is 4.57. The topological polar surface area (TPSA) is 32.7 Å². The van der Waals surface area contributed by atoms with E-state index in [2.05, 4.69) is 4.99 Å².